The number of aryl methyl sites for hydroxylation is 1. The zero-order valence-electron chi connectivity index (χ0n) is 31.0. The number of aromatic nitrogens is 2. The van der Waals surface area contributed by atoms with Crippen LogP contribution in [0, 0.1) is 11.8 Å². The van der Waals surface area contributed by atoms with Gasteiger partial charge in [0.05, 0.1) is 40.8 Å². The number of fused-ring (bicyclic) bond motifs is 1. The molecule has 2 heterocycles. The molecule has 1 saturated heterocycles. The number of aliphatic hydroxyl groups excluding tert-OH is 1. The molecule has 14 heteroatoms. The van der Waals surface area contributed by atoms with Gasteiger partial charge in [-0.15, -0.1) is 0 Å². The summed E-state index contributed by atoms with van der Waals surface area (Å²) in [5, 5.41) is 26.8. The molecule has 1 fully saturated rings. The van der Waals surface area contributed by atoms with Crippen LogP contribution in [0.4, 0.5) is 4.79 Å². The number of oxime groups is 1. The largest absolute Gasteiger partial charge is 0.411 e. The summed E-state index contributed by atoms with van der Waals surface area (Å²) in [6.07, 6.45) is 0.764. The van der Waals surface area contributed by atoms with E-state index in [9.17, 15) is 23.1 Å². The minimum absolute atomic E-state index is 0.0247. The maximum atomic E-state index is 14.4. The number of hydrogen-bond donors (Lipinski definition) is 3. The summed E-state index contributed by atoms with van der Waals surface area (Å²) < 4.78 is 31.1. The van der Waals surface area contributed by atoms with E-state index in [0.29, 0.717) is 31.6 Å². The third-order valence-corrected chi connectivity index (χ3v) is 11.7. The maximum Gasteiger partial charge on any atom is 0.321 e. The highest BCUT2D eigenvalue weighted by molar-refractivity contribution is 7.89. The molecule has 0 saturated carbocycles. The highest BCUT2D eigenvalue weighted by Crippen LogP contribution is 2.25. The number of imidazole rings is 1. The number of aliphatic hydroxyl groups is 1. The van der Waals surface area contributed by atoms with Gasteiger partial charge in [0, 0.05) is 33.2 Å². The van der Waals surface area contributed by atoms with Gasteiger partial charge in [-0.1, -0.05) is 93.9 Å². The SMILES string of the molecule is CC[C@H](C)[C@@H](C(=O)N[C@@H](Cc1ccccc1)[C@H](O)CN(CC(C)C)S(=O)(=O)c1ccc(/C=N/O)cc1)N1CCN(Cc2nc3ccccc3n2C)C1=O. The number of carbonyl (C=O) groups is 2. The lowest BCUT2D eigenvalue weighted by molar-refractivity contribution is -0.128. The Labute approximate surface area is 312 Å². The fourth-order valence-corrected chi connectivity index (χ4v) is 8.44. The molecule has 0 bridgehead atoms. The number of rotatable bonds is 17. The average molecular weight is 746 g/mol. The number of benzene rings is 3. The highest BCUT2D eigenvalue weighted by atomic mass is 32.2. The van der Waals surface area contributed by atoms with E-state index in [0.717, 1.165) is 22.4 Å². The number of nitrogens with zero attached hydrogens (tertiary/aromatic N) is 6. The number of hydrogen-bond acceptors (Lipinski definition) is 8. The number of sulfonamides is 1. The molecule has 3 N–H and O–H groups in total. The predicted octanol–water partition coefficient (Wildman–Crippen LogP) is 4.47. The first kappa shape index (κ1) is 39.4. The van der Waals surface area contributed by atoms with Crippen LogP contribution in [-0.2, 0) is 34.8 Å². The molecule has 1 aromatic heterocycles. The van der Waals surface area contributed by atoms with E-state index in [1.54, 1.807) is 9.80 Å². The molecule has 1 aliphatic rings. The second kappa shape index (κ2) is 17.4. The number of para-hydroxylation sites is 2. The van der Waals surface area contributed by atoms with Crippen molar-refractivity contribution in [3.8, 4) is 0 Å². The van der Waals surface area contributed by atoms with Gasteiger partial charge in [0.15, 0.2) is 0 Å². The molecule has 284 valence electrons. The Morgan fingerprint density at radius 1 is 1.00 bits per heavy atom. The normalized spacial score (nSPS) is 16.2. The van der Waals surface area contributed by atoms with Crippen molar-refractivity contribution in [1.29, 1.82) is 0 Å². The van der Waals surface area contributed by atoms with E-state index >= 15 is 0 Å². The van der Waals surface area contributed by atoms with Crippen molar-refractivity contribution in [2.75, 3.05) is 26.2 Å². The molecule has 3 aromatic carbocycles. The number of carbonyl (C=O) groups excluding carboxylic acids is 2. The lowest BCUT2D eigenvalue weighted by Crippen LogP contribution is -2.57. The smallest absolute Gasteiger partial charge is 0.321 e. The van der Waals surface area contributed by atoms with Crippen molar-refractivity contribution in [3.63, 3.8) is 0 Å². The first-order chi connectivity index (χ1) is 25.3. The van der Waals surface area contributed by atoms with Crippen LogP contribution in [0.25, 0.3) is 11.0 Å². The second-order valence-corrected chi connectivity index (χ2v) is 16.1. The van der Waals surface area contributed by atoms with Crippen molar-refractivity contribution in [3.05, 3.63) is 95.8 Å². The fourth-order valence-electron chi connectivity index (χ4n) is 6.82. The minimum atomic E-state index is -4.07. The van der Waals surface area contributed by atoms with Gasteiger partial charge < -0.3 is 30.0 Å². The van der Waals surface area contributed by atoms with Crippen molar-refractivity contribution < 1.29 is 28.3 Å². The summed E-state index contributed by atoms with van der Waals surface area (Å²) >= 11 is 0. The van der Waals surface area contributed by atoms with Gasteiger partial charge in [-0.25, -0.2) is 18.2 Å². The second-order valence-electron chi connectivity index (χ2n) is 14.2. The molecule has 1 aliphatic heterocycles. The Morgan fingerprint density at radius 2 is 1.68 bits per heavy atom. The summed E-state index contributed by atoms with van der Waals surface area (Å²) in [6, 6.07) is 21.1. The Morgan fingerprint density at radius 3 is 2.32 bits per heavy atom. The Hall–Kier alpha value is -4.79. The lowest BCUT2D eigenvalue weighted by atomic mass is 9.95. The van der Waals surface area contributed by atoms with E-state index in [1.807, 2.05) is 93.9 Å². The van der Waals surface area contributed by atoms with E-state index in [-0.39, 0.29) is 42.3 Å². The third-order valence-electron chi connectivity index (χ3n) is 9.90. The zero-order valence-corrected chi connectivity index (χ0v) is 31.9. The van der Waals surface area contributed by atoms with Gasteiger partial charge >= 0.3 is 6.03 Å². The molecule has 4 aromatic rings. The van der Waals surface area contributed by atoms with Crippen LogP contribution >= 0.6 is 0 Å². The van der Waals surface area contributed by atoms with Crippen molar-refractivity contribution in [1.82, 2.24) is 29.0 Å². The molecule has 0 aliphatic carbocycles. The van der Waals surface area contributed by atoms with Gasteiger partial charge in [-0.2, -0.15) is 4.31 Å². The van der Waals surface area contributed by atoms with Crippen LogP contribution in [0.15, 0.2) is 88.9 Å². The first-order valence-corrected chi connectivity index (χ1v) is 19.5. The molecule has 3 amide bonds. The van der Waals surface area contributed by atoms with Crippen molar-refractivity contribution in [2.45, 2.75) is 70.2 Å². The molecule has 0 unspecified atom stereocenters. The van der Waals surface area contributed by atoms with Crippen LogP contribution in [0.5, 0.6) is 0 Å². The van der Waals surface area contributed by atoms with E-state index in [1.165, 1.54) is 34.8 Å². The number of nitrogens with one attached hydrogen (secondary N) is 1. The molecule has 0 radical (unpaired) electrons. The summed E-state index contributed by atoms with van der Waals surface area (Å²) in [7, 11) is -2.14. The first-order valence-electron chi connectivity index (χ1n) is 18.1. The highest BCUT2D eigenvalue weighted by Gasteiger charge is 2.41. The van der Waals surface area contributed by atoms with Crippen LogP contribution in [0.3, 0.4) is 0 Å². The maximum absolute atomic E-state index is 14.4. The van der Waals surface area contributed by atoms with Gasteiger partial charge in [-0.05, 0) is 53.6 Å². The fraction of sp³-hybridized carbons (Fsp3) is 0.436. The molecule has 13 nitrogen and oxygen atoms in total. The summed E-state index contributed by atoms with van der Waals surface area (Å²) in [5.74, 6) is 0.0633. The van der Waals surface area contributed by atoms with E-state index in [4.69, 9.17) is 10.2 Å². The van der Waals surface area contributed by atoms with Crippen molar-refractivity contribution >= 4 is 39.2 Å². The minimum Gasteiger partial charge on any atom is -0.411 e. The Bertz CT molecular complexity index is 1980. The van der Waals surface area contributed by atoms with E-state index in [2.05, 4.69) is 10.5 Å². The molecular weight excluding hydrogens is 695 g/mol. The molecule has 0 spiro atoms. The topological polar surface area (TPSA) is 161 Å². The Kier molecular flexibility index (Phi) is 12.9. The molecule has 4 atom stereocenters. The summed E-state index contributed by atoms with van der Waals surface area (Å²) in [5.41, 5.74) is 3.19. The standard InChI is InChI=1S/C39H51N7O6S/c1-6-28(4)37(46-21-20-44(39(46)49)26-36-41-32-14-10-11-15-34(32)43(36)5)38(48)42-33(22-29-12-8-7-9-13-29)35(47)25-45(24-27(2)3)53(51,52)31-18-16-30(17-19-31)23-40-50/h7-19,23,27-28,33,35,37,47,50H,6,20-22,24-26H2,1-5H3,(H,42,48)/b40-23+/t28-,33-,35+,37-/m0/s1. The Balaban J connectivity index is 1.38. The van der Waals surface area contributed by atoms with Crippen LogP contribution < -0.4 is 5.32 Å². The molecular formula is C39H51N7O6S. The zero-order chi connectivity index (χ0) is 38.3. The third kappa shape index (κ3) is 9.24. The van der Waals surface area contributed by atoms with Crippen molar-refractivity contribution in [2.24, 2.45) is 24.0 Å². The number of urea groups is 1. The molecule has 5 rings (SSSR count). The van der Waals surface area contributed by atoms with Crippen LogP contribution in [-0.4, -0.2) is 105 Å². The monoisotopic (exact) mass is 745 g/mol. The van der Waals surface area contributed by atoms with Crippen LogP contribution in [0.1, 0.15) is 51.1 Å². The quantitative estimate of drug-likeness (QED) is 0.0817. The van der Waals surface area contributed by atoms with Gasteiger partial charge in [0.1, 0.15) is 11.9 Å². The van der Waals surface area contributed by atoms with Gasteiger partial charge in [0.2, 0.25) is 15.9 Å². The van der Waals surface area contributed by atoms with Gasteiger partial charge in [0.25, 0.3) is 0 Å². The summed E-state index contributed by atoms with van der Waals surface area (Å²) in [4.78, 5) is 36.4. The number of amides is 3. The predicted molar refractivity (Wildman–Crippen MR) is 204 cm³/mol. The van der Waals surface area contributed by atoms with Crippen LogP contribution in [0.2, 0.25) is 0 Å². The van der Waals surface area contributed by atoms with E-state index < -0.39 is 34.1 Å². The van der Waals surface area contributed by atoms with Gasteiger partial charge in [-0.3, -0.25) is 4.79 Å². The summed E-state index contributed by atoms with van der Waals surface area (Å²) in [6.45, 7) is 8.60. The average Bonchev–Trinajstić information content (AvgIpc) is 3.66. The lowest BCUT2D eigenvalue weighted by Gasteiger charge is -2.35. The molecule has 53 heavy (non-hydrogen) atoms.